The van der Waals surface area contributed by atoms with Gasteiger partial charge in [-0.2, -0.15) is 9.50 Å². The number of rotatable bonds is 1. The minimum absolute atomic E-state index is 0.237. The lowest BCUT2D eigenvalue weighted by Gasteiger charge is -2.05. The van der Waals surface area contributed by atoms with Crippen LogP contribution < -0.4 is 5.73 Å². The second-order valence-corrected chi connectivity index (χ2v) is 4.33. The van der Waals surface area contributed by atoms with Crippen LogP contribution in [0.5, 0.6) is 0 Å². The van der Waals surface area contributed by atoms with Crippen LogP contribution in [0.1, 0.15) is 11.3 Å². The zero-order valence-electron chi connectivity index (χ0n) is 10.3. The van der Waals surface area contributed by atoms with Crippen LogP contribution in [0.25, 0.3) is 17.0 Å². The Bertz CT molecular complexity index is 712. The van der Waals surface area contributed by atoms with E-state index in [0.29, 0.717) is 5.78 Å². The van der Waals surface area contributed by atoms with Crippen LogP contribution in [-0.2, 0) is 0 Å². The molecule has 0 saturated carbocycles. The van der Waals surface area contributed by atoms with Crippen molar-refractivity contribution in [2.75, 3.05) is 5.73 Å². The highest BCUT2D eigenvalue weighted by molar-refractivity contribution is 5.62. The molecule has 2 aromatic heterocycles. The lowest BCUT2D eigenvalue weighted by molar-refractivity contribution is 0.942. The molecule has 0 aliphatic rings. The molecule has 0 amide bonds. The van der Waals surface area contributed by atoms with Crippen LogP contribution in [0, 0.1) is 13.8 Å². The summed E-state index contributed by atoms with van der Waals surface area (Å²) in [6, 6.07) is 10.2. The standard InChI is InChI=1S/C13H13N5/c1-8-3-5-10(6-4-8)11-7-9(2)15-13-16-12(14)17-18(11)13/h3-7H,1-2H3,(H2,14,17). The smallest absolute Gasteiger partial charge is 0.254 e. The van der Waals surface area contributed by atoms with Crippen molar-refractivity contribution in [1.82, 2.24) is 19.6 Å². The number of anilines is 1. The number of fused-ring (bicyclic) bond motifs is 1. The molecular formula is C13H13N5. The molecule has 18 heavy (non-hydrogen) atoms. The largest absolute Gasteiger partial charge is 0.366 e. The summed E-state index contributed by atoms with van der Waals surface area (Å²) in [5, 5.41) is 4.17. The summed E-state index contributed by atoms with van der Waals surface area (Å²) in [6.45, 7) is 3.99. The zero-order chi connectivity index (χ0) is 12.7. The molecule has 0 saturated heterocycles. The Morgan fingerprint density at radius 3 is 2.50 bits per heavy atom. The fraction of sp³-hybridized carbons (Fsp3) is 0.154. The Balaban J connectivity index is 2.30. The highest BCUT2D eigenvalue weighted by atomic mass is 15.4. The molecule has 0 fully saturated rings. The van der Waals surface area contributed by atoms with Crippen LogP contribution in [0.15, 0.2) is 30.3 Å². The summed E-state index contributed by atoms with van der Waals surface area (Å²) in [7, 11) is 0. The van der Waals surface area contributed by atoms with E-state index >= 15 is 0 Å². The summed E-state index contributed by atoms with van der Waals surface area (Å²) >= 11 is 0. The summed E-state index contributed by atoms with van der Waals surface area (Å²) in [5.41, 5.74) is 9.76. The summed E-state index contributed by atoms with van der Waals surface area (Å²) in [6.07, 6.45) is 0. The number of nitrogens with zero attached hydrogens (tertiary/aromatic N) is 4. The van der Waals surface area contributed by atoms with E-state index in [0.717, 1.165) is 17.0 Å². The number of nitrogens with two attached hydrogens (primary N) is 1. The Hall–Kier alpha value is -2.43. The van der Waals surface area contributed by atoms with Gasteiger partial charge in [0, 0.05) is 11.3 Å². The van der Waals surface area contributed by atoms with E-state index in [-0.39, 0.29) is 5.95 Å². The molecule has 0 bridgehead atoms. The van der Waals surface area contributed by atoms with Gasteiger partial charge in [-0.1, -0.05) is 29.8 Å². The van der Waals surface area contributed by atoms with Crippen molar-refractivity contribution in [2.24, 2.45) is 0 Å². The molecule has 0 aliphatic carbocycles. The summed E-state index contributed by atoms with van der Waals surface area (Å²) in [5.74, 6) is 0.768. The maximum atomic E-state index is 5.63. The fourth-order valence-electron chi connectivity index (χ4n) is 1.93. The monoisotopic (exact) mass is 239 g/mol. The van der Waals surface area contributed by atoms with Gasteiger partial charge in [-0.15, -0.1) is 5.10 Å². The number of hydrogen-bond acceptors (Lipinski definition) is 4. The second-order valence-electron chi connectivity index (χ2n) is 4.33. The molecule has 2 heterocycles. The third-order valence-electron chi connectivity index (χ3n) is 2.80. The van der Waals surface area contributed by atoms with Gasteiger partial charge in [0.1, 0.15) is 0 Å². The SMILES string of the molecule is Cc1ccc(-c2cc(C)nc3nc(N)nn23)cc1. The van der Waals surface area contributed by atoms with E-state index in [4.69, 9.17) is 5.73 Å². The molecule has 0 spiro atoms. The Labute approximate surface area is 104 Å². The van der Waals surface area contributed by atoms with Crippen molar-refractivity contribution in [2.45, 2.75) is 13.8 Å². The molecule has 90 valence electrons. The van der Waals surface area contributed by atoms with E-state index in [1.165, 1.54) is 5.56 Å². The van der Waals surface area contributed by atoms with Gasteiger partial charge in [-0.25, -0.2) is 4.98 Å². The number of aryl methyl sites for hydroxylation is 2. The molecule has 2 N–H and O–H groups in total. The van der Waals surface area contributed by atoms with E-state index < -0.39 is 0 Å². The highest BCUT2D eigenvalue weighted by Crippen LogP contribution is 2.21. The van der Waals surface area contributed by atoms with Gasteiger partial charge in [0.15, 0.2) is 0 Å². The van der Waals surface area contributed by atoms with Crippen molar-refractivity contribution in [3.8, 4) is 11.3 Å². The molecule has 0 radical (unpaired) electrons. The van der Waals surface area contributed by atoms with Gasteiger partial charge < -0.3 is 5.73 Å². The molecule has 3 aromatic rings. The van der Waals surface area contributed by atoms with Gasteiger partial charge in [-0.3, -0.25) is 0 Å². The number of benzene rings is 1. The second kappa shape index (κ2) is 3.80. The van der Waals surface area contributed by atoms with Gasteiger partial charge in [0.05, 0.1) is 5.69 Å². The first-order chi connectivity index (χ1) is 8.63. The molecule has 1 aromatic carbocycles. The van der Waals surface area contributed by atoms with Crippen LogP contribution >= 0.6 is 0 Å². The average Bonchev–Trinajstić information content (AvgIpc) is 2.69. The molecule has 3 rings (SSSR count). The first kappa shape index (κ1) is 10.7. The Morgan fingerprint density at radius 2 is 1.78 bits per heavy atom. The summed E-state index contributed by atoms with van der Waals surface area (Å²) in [4.78, 5) is 8.41. The molecular weight excluding hydrogens is 226 g/mol. The van der Waals surface area contributed by atoms with Gasteiger partial charge in [0.25, 0.3) is 5.78 Å². The van der Waals surface area contributed by atoms with Crippen molar-refractivity contribution >= 4 is 11.7 Å². The van der Waals surface area contributed by atoms with Gasteiger partial charge >= 0.3 is 0 Å². The van der Waals surface area contributed by atoms with Crippen LogP contribution in [-0.4, -0.2) is 19.6 Å². The predicted octanol–water partition coefficient (Wildman–Crippen LogP) is 1.99. The Morgan fingerprint density at radius 1 is 1.06 bits per heavy atom. The number of hydrogen-bond donors (Lipinski definition) is 1. The summed E-state index contributed by atoms with van der Waals surface area (Å²) < 4.78 is 1.67. The molecule has 0 aliphatic heterocycles. The maximum Gasteiger partial charge on any atom is 0.254 e. The van der Waals surface area contributed by atoms with Crippen molar-refractivity contribution < 1.29 is 0 Å². The van der Waals surface area contributed by atoms with Crippen LogP contribution in [0.3, 0.4) is 0 Å². The Kier molecular flexibility index (Phi) is 2.26. The highest BCUT2D eigenvalue weighted by Gasteiger charge is 2.09. The third-order valence-corrected chi connectivity index (χ3v) is 2.80. The van der Waals surface area contributed by atoms with Crippen molar-refractivity contribution in [1.29, 1.82) is 0 Å². The molecule has 0 unspecified atom stereocenters. The zero-order valence-corrected chi connectivity index (χ0v) is 10.3. The topological polar surface area (TPSA) is 69.1 Å². The van der Waals surface area contributed by atoms with Crippen LogP contribution in [0.2, 0.25) is 0 Å². The normalized spacial score (nSPS) is 11.0. The number of aromatic nitrogens is 4. The van der Waals surface area contributed by atoms with E-state index in [1.807, 2.05) is 13.0 Å². The average molecular weight is 239 g/mol. The molecule has 5 heteroatoms. The first-order valence-electron chi connectivity index (χ1n) is 5.70. The van der Waals surface area contributed by atoms with Crippen molar-refractivity contribution in [3.05, 3.63) is 41.6 Å². The lowest BCUT2D eigenvalue weighted by atomic mass is 10.1. The van der Waals surface area contributed by atoms with Gasteiger partial charge in [0.2, 0.25) is 5.95 Å². The molecule has 0 atom stereocenters. The quantitative estimate of drug-likeness (QED) is 0.705. The van der Waals surface area contributed by atoms with Crippen molar-refractivity contribution in [3.63, 3.8) is 0 Å². The van der Waals surface area contributed by atoms with Gasteiger partial charge in [-0.05, 0) is 19.9 Å². The maximum absolute atomic E-state index is 5.63. The van der Waals surface area contributed by atoms with E-state index in [1.54, 1.807) is 4.52 Å². The fourth-order valence-corrected chi connectivity index (χ4v) is 1.93. The van der Waals surface area contributed by atoms with E-state index in [9.17, 15) is 0 Å². The predicted molar refractivity (Wildman–Crippen MR) is 70.1 cm³/mol. The number of nitrogen functional groups attached to an aromatic ring is 1. The minimum Gasteiger partial charge on any atom is -0.366 e. The third kappa shape index (κ3) is 1.69. The minimum atomic E-state index is 0.237. The lowest BCUT2D eigenvalue weighted by Crippen LogP contribution is -1.98. The molecule has 5 nitrogen and oxygen atoms in total. The van der Waals surface area contributed by atoms with Crippen LogP contribution in [0.4, 0.5) is 5.95 Å². The van der Waals surface area contributed by atoms with E-state index in [2.05, 4.69) is 46.3 Å². The first-order valence-corrected chi connectivity index (χ1v) is 5.70.